The minimum atomic E-state index is -4.50. The molecule has 1 aliphatic heterocycles. The number of ether oxygens (including phenoxy) is 1. The standard InChI is InChI=1S/C14H14F3N3O2/c15-14(16,17)12-2-1-10(22-9-3-5-18-6-4-9)7-11(12)13-20-19-8-21-13/h1-2,7-9,18H,3-6H2. The quantitative estimate of drug-likeness (QED) is 0.944. The second-order valence-corrected chi connectivity index (χ2v) is 5.02. The first-order chi connectivity index (χ1) is 10.5. The molecule has 0 aliphatic carbocycles. The molecular formula is C14H14F3N3O2. The molecule has 0 unspecified atom stereocenters. The van der Waals surface area contributed by atoms with Crippen molar-refractivity contribution in [2.45, 2.75) is 25.1 Å². The van der Waals surface area contributed by atoms with Gasteiger partial charge < -0.3 is 14.5 Å². The second-order valence-electron chi connectivity index (χ2n) is 5.02. The van der Waals surface area contributed by atoms with Gasteiger partial charge in [-0.2, -0.15) is 13.2 Å². The fourth-order valence-electron chi connectivity index (χ4n) is 2.42. The molecule has 5 nitrogen and oxygen atoms in total. The Morgan fingerprint density at radius 3 is 2.64 bits per heavy atom. The number of alkyl halides is 3. The Labute approximate surface area is 124 Å². The molecule has 8 heteroatoms. The van der Waals surface area contributed by atoms with Crippen molar-refractivity contribution in [1.29, 1.82) is 0 Å². The molecule has 0 amide bonds. The Morgan fingerprint density at radius 1 is 1.23 bits per heavy atom. The molecule has 0 atom stereocenters. The average Bonchev–Trinajstić information content (AvgIpc) is 3.01. The zero-order valence-corrected chi connectivity index (χ0v) is 11.6. The van der Waals surface area contributed by atoms with Crippen molar-refractivity contribution in [3.8, 4) is 17.2 Å². The fraction of sp³-hybridized carbons (Fsp3) is 0.429. The molecule has 1 saturated heterocycles. The Morgan fingerprint density at radius 2 is 2.00 bits per heavy atom. The maximum absolute atomic E-state index is 13.1. The summed E-state index contributed by atoms with van der Waals surface area (Å²) in [5.41, 5.74) is -0.995. The van der Waals surface area contributed by atoms with Gasteiger partial charge in [-0.15, -0.1) is 10.2 Å². The minimum Gasteiger partial charge on any atom is -0.490 e. The zero-order valence-electron chi connectivity index (χ0n) is 11.6. The fourth-order valence-corrected chi connectivity index (χ4v) is 2.42. The maximum Gasteiger partial charge on any atom is 0.417 e. The smallest absolute Gasteiger partial charge is 0.417 e. The number of hydrogen-bond acceptors (Lipinski definition) is 5. The Bertz CT molecular complexity index is 623. The molecule has 0 radical (unpaired) electrons. The molecular weight excluding hydrogens is 299 g/mol. The summed E-state index contributed by atoms with van der Waals surface area (Å²) >= 11 is 0. The molecule has 118 valence electrons. The molecule has 0 saturated carbocycles. The summed E-state index contributed by atoms with van der Waals surface area (Å²) in [6, 6.07) is 3.61. The van der Waals surface area contributed by atoms with E-state index >= 15 is 0 Å². The lowest BCUT2D eigenvalue weighted by atomic mass is 10.1. The third-order valence-electron chi connectivity index (χ3n) is 3.48. The predicted molar refractivity (Wildman–Crippen MR) is 71.3 cm³/mol. The van der Waals surface area contributed by atoms with E-state index in [1.807, 2.05) is 0 Å². The molecule has 1 aromatic heterocycles. The van der Waals surface area contributed by atoms with Gasteiger partial charge in [0.2, 0.25) is 12.3 Å². The average molecular weight is 313 g/mol. The van der Waals surface area contributed by atoms with Gasteiger partial charge in [-0.05, 0) is 44.1 Å². The SMILES string of the molecule is FC(F)(F)c1ccc(OC2CCNCC2)cc1-c1nnco1. The van der Waals surface area contributed by atoms with Crippen LogP contribution < -0.4 is 10.1 Å². The summed E-state index contributed by atoms with van der Waals surface area (Å²) in [6.45, 7) is 1.67. The first kappa shape index (κ1) is 14.8. The second kappa shape index (κ2) is 5.96. The highest BCUT2D eigenvalue weighted by molar-refractivity contribution is 5.62. The number of nitrogens with zero attached hydrogens (tertiary/aromatic N) is 2. The van der Waals surface area contributed by atoms with Gasteiger partial charge >= 0.3 is 6.18 Å². The number of nitrogens with one attached hydrogen (secondary N) is 1. The van der Waals surface area contributed by atoms with Gasteiger partial charge in [-0.1, -0.05) is 0 Å². The molecule has 1 aromatic carbocycles. The van der Waals surface area contributed by atoms with Crippen LogP contribution >= 0.6 is 0 Å². The van der Waals surface area contributed by atoms with E-state index < -0.39 is 11.7 Å². The van der Waals surface area contributed by atoms with Crippen LogP contribution in [-0.2, 0) is 6.18 Å². The number of hydrogen-bond donors (Lipinski definition) is 1. The molecule has 0 bridgehead atoms. The lowest BCUT2D eigenvalue weighted by molar-refractivity contribution is -0.137. The monoisotopic (exact) mass is 313 g/mol. The van der Waals surface area contributed by atoms with E-state index in [1.54, 1.807) is 0 Å². The van der Waals surface area contributed by atoms with Crippen LogP contribution in [0.5, 0.6) is 5.75 Å². The van der Waals surface area contributed by atoms with Gasteiger partial charge in [0.15, 0.2) is 0 Å². The Hall–Kier alpha value is -2.09. The summed E-state index contributed by atoms with van der Waals surface area (Å²) in [7, 11) is 0. The first-order valence-corrected chi connectivity index (χ1v) is 6.89. The number of benzene rings is 1. The van der Waals surface area contributed by atoms with Crippen molar-refractivity contribution in [2.24, 2.45) is 0 Å². The van der Waals surface area contributed by atoms with E-state index in [0.29, 0.717) is 5.75 Å². The van der Waals surface area contributed by atoms with Crippen molar-refractivity contribution in [3.63, 3.8) is 0 Å². The van der Waals surface area contributed by atoms with Gasteiger partial charge in [0.1, 0.15) is 11.9 Å². The number of piperidine rings is 1. The van der Waals surface area contributed by atoms with Crippen LogP contribution in [0.2, 0.25) is 0 Å². The van der Waals surface area contributed by atoms with Crippen molar-refractivity contribution in [2.75, 3.05) is 13.1 Å². The lowest BCUT2D eigenvalue weighted by Gasteiger charge is -2.24. The highest BCUT2D eigenvalue weighted by Crippen LogP contribution is 2.38. The van der Waals surface area contributed by atoms with Crippen LogP contribution in [0.4, 0.5) is 13.2 Å². The Balaban J connectivity index is 1.92. The van der Waals surface area contributed by atoms with Crippen molar-refractivity contribution < 1.29 is 22.3 Å². The predicted octanol–water partition coefficient (Wildman–Crippen LogP) is 2.89. The zero-order chi connectivity index (χ0) is 15.6. The first-order valence-electron chi connectivity index (χ1n) is 6.89. The maximum atomic E-state index is 13.1. The summed E-state index contributed by atoms with van der Waals surface area (Å²) in [5, 5.41) is 10.2. The van der Waals surface area contributed by atoms with E-state index in [0.717, 1.165) is 38.4 Å². The number of aromatic nitrogens is 2. The van der Waals surface area contributed by atoms with Gasteiger partial charge in [0, 0.05) is 0 Å². The Kier molecular flexibility index (Phi) is 4.02. The molecule has 3 rings (SSSR count). The van der Waals surface area contributed by atoms with Crippen LogP contribution in [0.3, 0.4) is 0 Å². The van der Waals surface area contributed by atoms with Crippen molar-refractivity contribution in [3.05, 3.63) is 30.2 Å². The molecule has 1 N–H and O–H groups in total. The number of halogens is 3. The van der Waals surface area contributed by atoms with Gasteiger partial charge in [0.05, 0.1) is 11.1 Å². The summed E-state index contributed by atoms with van der Waals surface area (Å²) < 4.78 is 50.0. The van der Waals surface area contributed by atoms with Crippen LogP contribution in [-0.4, -0.2) is 29.4 Å². The van der Waals surface area contributed by atoms with E-state index in [1.165, 1.54) is 12.1 Å². The van der Waals surface area contributed by atoms with Gasteiger partial charge in [0.25, 0.3) is 0 Å². The minimum absolute atomic E-state index is 0.00600. The van der Waals surface area contributed by atoms with Gasteiger partial charge in [-0.25, -0.2) is 0 Å². The number of rotatable bonds is 3. The largest absolute Gasteiger partial charge is 0.490 e. The normalized spacial score (nSPS) is 16.7. The lowest BCUT2D eigenvalue weighted by Crippen LogP contribution is -2.34. The molecule has 1 aliphatic rings. The topological polar surface area (TPSA) is 60.2 Å². The highest BCUT2D eigenvalue weighted by atomic mass is 19.4. The molecule has 2 heterocycles. The van der Waals surface area contributed by atoms with Gasteiger partial charge in [-0.3, -0.25) is 0 Å². The van der Waals surface area contributed by atoms with E-state index in [2.05, 4.69) is 15.5 Å². The van der Waals surface area contributed by atoms with Crippen LogP contribution in [0.15, 0.2) is 29.0 Å². The van der Waals surface area contributed by atoms with E-state index in [-0.39, 0.29) is 17.6 Å². The highest BCUT2D eigenvalue weighted by Gasteiger charge is 2.35. The van der Waals surface area contributed by atoms with E-state index in [9.17, 15) is 13.2 Å². The molecule has 1 fully saturated rings. The van der Waals surface area contributed by atoms with Crippen LogP contribution in [0.1, 0.15) is 18.4 Å². The van der Waals surface area contributed by atoms with E-state index in [4.69, 9.17) is 9.15 Å². The molecule has 0 spiro atoms. The summed E-state index contributed by atoms with van der Waals surface area (Å²) in [4.78, 5) is 0. The third-order valence-corrected chi connectivity index (χ3v) is 3.48. The van der Waals surface area contributed by atoms with Crippen LogP contribution in [0, 0.1) is 0 Å². The van der Waals surface area contributed by atoms with Crippen LogP contribution in [0.25, 0.3) is 11.5 Å². The van der Waals surface area contributed by atoms with Crippen molar-refractivity contribution in [1.82, 2.24) is 15.5 Å². The third kappa shape index (κ3) is 3.22. The van der Waals surface area contributed by atoms with Crippen molar-refractivity contribution >= 4 is 0 Å². The molecule has 2 aromatic rings. The molecule has 22 heavy (non-hydrogen) atoms. The summed E-state index contributed by atoms with van der Waals surface area (Å²) in [5.74, 6) is 0.191. The summed E-state index contributed by atoms with van der Waals surface area (Å²) in [6.07, 6.45) is -1.88.